The third-order valence-corrected chi connectivity index (χ3v) is 1.93. The van der Waals surface area contributed by atoms with Gasteiger partial charge in [0.05, 0.1) is 0 Å². The minimum Gasteiger partial charge on any atom is -0.391 e. The largest absolute Gasteiger partial charge is 0.391 e. The first-order chi connectivity index (χ1) is 5.18. The summed E-state index contributed by atoms with van der Waals surface area (Å²) in [5, 5.41) is 9.16. The number of aliphatic hydroxyl groups is 1. The predicted octanol–water partition coefficient (Wildman–Crippen LogP) is 1.60. The lowest BCUT2D eigenvalue weighted by atomic mass is 10.1. The number of rotatable bonds is 6. The SMILES string of the molecule is CCCCCCC(O)C(N)=S. The average Bonchev–Trinajstić information content (AvgIpc) is 1.97. The molecule has 0 fully saturated rings. The van der Waals surface area contributed by atoms with E-state index in [4.69, 9.17) is 10.8 Å². The molecule has 0 aromatic carbocycles. The minimum atomic E-state index is -0.568. The Balaban J connectivity index is 3.17. The molecule has 0 spiro atoms. The van der Waals surface area contributed by atoms with Crippen LogP contribution in [-0.4, -0.2) is 16.2 Å². The van der Waals surface area contributed by atoms with Crippen LogP contribution in [0, 0.1) is 0 Å². The lowest BCUT2D eigenvalue weighted by molar-refractivity contribution is 0.227. The normalized spacial score (nSPS) is 12.9. The van der Waals surface area contributed by atoms with E-state index in [1.54, 1.807) is 0 Å². The number of hydrogen-bond donors (Lipinski definition) is 2. The van der Waals surface area contributed by atoms with E-state index in [1.807, 2.05) is 0 Å². The fourth-order valence-corrected chi connectivity index (χ4v) is 1.02. The highest BCUT2D eigenvalue weighted by Crippen LogP contribution is 2.05. The Morgan fingerprint density at radius 2 is 2.09 bits per heavy atom. The maximum atomic E-state index is 9.16. The maximum Gasteiger partial charge on any atom is 0.104 e. The highest BCUT2D eigenvalue weighted by molar-refractivity contribution is 7.80. The molecule has 0 aliphatic rings. The summed E-state index contributed by atoms with van der Waals surface area (Å²) >= 11 is 4.62. The number of nitrogens with two attached hydrogens (primary N) is 1. The topological polar surface area (TPSA) is 46.2 Å². The molecular formula is C8H17NOS. The molecule has 66 valence electrons. The molecular weight excluding hydrogens is 158 g/mol. The zero-order valence-corrected chi connectivity index (χ0v) is 7.86. The molecule has 0 saturated heterocycles. The molecule has 0 saturated carbocycles. The summed E-state index contributed by atoms with van der Waals surface area (Å²) in [5.41, 5.74) is 5.23. The summed E-state index contributed by atoms with van der Waals surface area (Å²) in [7, 11) is 0. The summed E-state index contributed by atoms with van der Waals surface area (Å²) in [4.78, 5) is 0.224. The molecule has 0 bridgehead atoms. The molecule has 0 heterocycles. The number of hydrogen-bond acceptors (Lipinski definition) is 2. The third kappa shape index (κ3) is 6.26. The Morgan fingerprint density at radius 3 is 2.55 bits per heavy atom. The number of thiocarbonyl (C=S) groups is 1. The van der Waals surface area contributed by atoms with Crippen molar-refractivity contribution in [3.63, 3.8) is 0 Å². The van der Waals surface area contributed by atoms with Gasteiger partial charge in [-0.25, -0.2) is 0 Å². The summed E-state index contributed by atoms with van der Waals surface area (Å²) < 4.78 is 0. The van der Waals surface area contributed by atoms with E-state index in [2.05, 4.69) is 19.1 Å². The van der Waals surface area contributed by atoms with Crippen molar-refractivity contribution in [3.8, 4) is 0 Å². The standard InChI is InChI=1S/C8H17NOS/c1-2-3-4-5-6-7(10)8(9)11/h7,10H,2-6H2,1H3,(H2,9,11). The molecule has 3 N–H and O–H groups in total. The van der Waals surface area contributed by atoms with Gasteiger partial charge >= 0.3 is 0 Å². The molecule has 3 heteroatoms. The van der Waals surface area contributed by atoms with Crippen molar-refractivity contribution in [2.75, 3.05) is 0 Å². The van der Waals surface area contributed by atoms with Crippen molar-refractivity contribution in [1.29, 1.82) is 0 Å². The van der Waals surface area contributed by atoms with Crippen LogP contribution in [0.15, 0.2) is 0 Å². The zero-order chi connectivity index (χ0) is 8.69. The Bertz CT molecular complexity index is 117. The second kappa shape index (κ2) is 6.55. The van der Waals surface area contributed by atoms with Gasteiger partial charge in [0.25, 0.3) is 0 Å². The van der Waals surface area contributed by atoms with Crippen LogP contribution in [0.4, 0.5) is 0 Å². The van der Waals surface area contributed by atoms with Crippen molar-refractivity contribution in [2.24, 2.45) is 5.73 Å². The van der Waals surface area contributed by atoms with E-state index in [1.165, 1.54) is 12.8 Å². The maximum absolute atomic E-state index is 9.16. The molecule has 1 unspecified atom stereocenters. The van der Waals surface area contributed by atoms with Gasteiger partial charge in [-0.05, 0) is 6.42 Å². The Morgan fingerprint density at radius 1 is 1.45 bits per heavy atom. The molecule has 0 radical (unpaired) electrons. The molecule has 0 aromatic heterocycles. The predicted molar refractivity (Wildman–Crippen MR) is 51.6 cm³/mol. The van der Waals surface area contributed by atoms with Crippen LogP contribution >= 0.6 is 12.2 Å². The fraction of sp³-hybridized carbons (Fsp3) is 0.875. The lowest BCUT2D eigenvalue weighted by Crippen LogP contribution is -2.25. The molecule has 0 amide bonds. The van der Waals surface area contributed by atoms with Crippen LogP contribution in [0.2, 0.25) is 0 Å². The monoisotopic (exact) mass is 175 g/mol. The van der Waals surface area contributed by atoms with Gasteiger partial charge in [0.15, 0.2) is 0 Å². The molecule has 0 rings (SSSR count). The van der Waals surface area contributed by atoms with Gasteiger partial charge in [-0.1, -0.05) is 44.8 Å². The van der Waals surface area contributed by atoms with Crippen LogP contribution < -0.4 is 5.73 Å². The van der Waals surface area contributed by atoms with Gasteiger partial charge < -0.3 is 10.8 Å². The average molecular weight is 175 g/mol. The highest BCUT2D eigenvalue weighted by Gasteiger charge is 2.04. The van der Waals surface area contributed by atoms with Crippen molar-refractivity contribution < 1.29 is 5.11 Å². The van der Waals surface area contributed by atoms with Crippen molar-refractivity contribution >= 4 is 17.2 Å². The van der Waals surface area contributed by atoms with E-state index in [0.717, 1.165) is 19.3 Å². The Hall–Kier alpha value is -0.150. The van der Waals surface area contributed by atoms with E-state index in [9.17, 15) is 0 Å². The van der Waals surface area contributed by atoms with E-state index in [0.29, 0.717) is 0 Å². The smallest absolute Gasteiger partial charge is 0.104 e. The van der Waals surface area contributed by atoms with Gasteiger partial charge in [-0.15, -0.1) is 0 Å². The van der Waals surface area contributed by atoms with Crippen LogP contribution in [0.3, 0.4) is 0 Å². The minimum absolute atomic E-state index is 0.224. The molecule has 2 nitrogen and oxygen atoms in total. The summed E-state index contributed by atoms with van der Waals surface area (Å²) in [6.45, 7) is 2.16. The molecule has 0 aliphatic heterocycles. The molecule has 1 atom stereocenters. The van der Waals surface area contributed by atoms with Crippen molar-refractivity contribution in [2.45, 2.75) is 45.1 Å². The highest BCUT2D eigenvalue weighted by atomic mass is 32.1. The fourth-order valence-electron chi connectivity index (χ4n) is 0.907. The first-order valence-corrected chi connectivity index (χ1v) is 4.56. The lowest BCUT2D eigenvalue weighted by Gasteiger charge is -2.06. The summed E-state index contributed by atoms with van der Waals surface area (Å²) in [5.74, 6) is 0. The van der Waals surface area contributed by atoms with Crippen LogP contribution in [0.5, 0.6) is 0 Å². The Labute approximate surface area is 73.8 Å². The van der Waals surface area contributed by atoms with E-state index >= 15 is 0 Å². The van der Waals surface area contributed by atoms with Gasteiger partial charge in [-0.3, -0.25) is 0 Å². The van der Waals surface area contributed by atoms with Gasteiger partial charge in [0.2, 0.25) is 0 Å². The van der Waals surface area contributed by atoms with Crippen molar-refractivity contribution in [3.05, 3.63) is 0 Å². The summed E-state index contributed by atoms with van der Waals surface area (Å²) in [6.07, 6.45) is 4.77. The third-order valence-electron chi connectivity index (χ3n) is 1.66. The second-order valence-corrected chi connectivity index (χ2v) is 3.24. The first-order valence-electron chi connectivity index (χ1n) is 4.16. The van der Waals surface area contributed by atoms with Gasteiger partial charge in [0, 0.05) is 0 Å². The summed E-state index contributed by atoms with van der Waals surface area (Å²) in [6, 6.07) is 0. The van der Waals surface area contributed by atoms with E-state index < -0.39 is 6.10 Å². The molecule has 11 heavy (non-hydrogen) atoms. The molecule has 0 aromatic rings. The zero-order valence-electron chi connectivity index (χ0n) is 7.05. The number of aliphatic hydroxyl groups excluding tert-OH is 1. The van der Waals surface area contributed by atoms with Crippen LogP contribution in [0.25, 0.3) is 0 Å². The Kier molecular flexibility index (Phi) is 6.46. The van der Waals surface area contributed by atoms with E-state index in [-0.39, 0.29) is 4.99 Å². The van der Waals surface area contributed by atoms with Crippen LogP contribution in [-0.2, 0) is 0 Å². The first kappa shape index (κ1) is 10.8. The number of unbranched alkanes of at least 4 members (excludes halogenated alkanes) is 3. The van der Waals surface area contributed by atoms with Crippen molar-refractivity contribution in [1.82, 2.24) is 0 Å². The molecule has 0 aliphatic carbocycles. The second-order valence-electron chi connectivity index (χ2n) is 2.77. The van der Waals surface area contributed by atoms with Gasteiger partial charge in [-0.2, -0.15) is 0 Å². The van der Waals surface area contributed by atoms with Crippen LogP contribution in [0.1, 0.15) is 39.0 Å². The van der Waals surface area contributed by atoms with Gasteiger partial charge in [0.1, 0.15) is 11.1 Å². The quantitative estimate of drug-likeness (QED) is 0.476.